The largest absolute Gasteiger partial charge is 0.433 e. The third-order valence-corrected chi connectivity index (χ3v) is 5.12. The van der Waals surface area contributed by atoms with E-state index in [1.54, 1.807) is 4.90 Å². The molecule has 1 fully saturated rings. The fraction of sp³-hybridized carbons (Fsp3) is 0.300. The summed E-state index contributed by atoms with van der Waals surface area (Å²) in [6.07, 6.45) is 0. The van der Waals surface area contributed by atoms with Gasteiger partial charge in [-0.15, -0.1) is 0 Å². The highest BCUT2D eigenvalue weighted by Gasteiger charge is 2.28. The van der Waals surface area contributed by atoms with Crippen molar-refractivity contribution >= 4 is 17.5 Å². The smallest absolute Gasteiger partial charge is 0.395 e. The molecule has 9 nitrogen and oxygen atoms in total. The zero-order valence-electron chi connectivity index (χ0n) is 16.2. The molecular weight excluding hydrogens is 374 g/mol. The fourth-order valence-corrected chi connectivity index (χ4v) is 3.74. The minimum absolute atomic E-state index is 0.00518. The second-order valence-electron chi connectivity index (χ2n) is 6.94. The Morgan fingerprint density at radius 1 is 1.07 bits per heavy atom. The molecular formula is C20H21N5O4. The van der Waals surface area contributed by atoms with Gasteiger partial charge >= 0.3 is 5.88 Å². The van der Waals surface area contributed by atoms with E-state index in [1.807, 2.05) is 48.9 Å². The number of rotatable bonds is 4. The van der Waals surface area contributed by atoms with Gasteiger partial charge in [0.1, 0.15) is 4.92 Å². The van der Waals surface area contributed by atoms with E-state index in [0.717, 1.165) is 22.8 Å². The Morgan fingerprint density at radius 3 is 2.38 bits per heavy atom. The number of piperazine rings is 1. The normalized spacial score (nSPS) is 14.3. The average Bonchev–Trinajstić information content (AvgIpc) is 3.33. The van der Waals surface area contributed by atoms with Crippen molar-refractivity contribution in [3.63, 3.8) is 0 Å². The zero-order chi connectivity index (χ0) is 20.5. The molecule has 0 N–H and O–H groups in total. The number of furan rings is 1. The second-order valence-corrected chi connectivity index (χ2v) is 6.94. The summed E-state index contributed by atoms with van der Waals surface area (Å²) in [4.78, 5) is 26.6. The van der Waals surface area contributed by atoms with Gasteiger partial charge in [0.15, 0.2) is 5.76 Å². The van der Waals surface area contributed by atoms with Crippen LogP contribution in [0.25, 0.3) is 5.69 Å². The molecule has 0 unspecified atom stereocenters. The predicted molar refractivity (Wildman–Crippen MR) is 107 cm³/mol. The van der Waals surface area contributed by atoms with E-state index in [2.05, 4.69) is 4.90 Å². The minimum Gasteiger partial charge on any atom is -0.395 e. The van der Waals surface area contributed by atoms with Crippen LogP contribution >= 0.6 is 0 Å². The lowest BCUT2D eigenvalue weighted by Gasteiger charge is -2.35. The molecule has 29 heavy (non-hydrogen) atoms. The lowest BCUT2D eigenvalue weighted by atomic mass is 10.2. The topological polar surface area (TPSA) is 97.7 Å². The highest BCUT2D eigenvalue weighted by Crippen LogP contribution is 2.28. The maximum atomic E-state index is 12.6. The molecule has 9 heteroatoms. The van der Waals surface area contributed by atoms with Crippen LogP contribution in [0.15, 0.2) is 46.9 Å². The van der Waals surface area contributed by atoms with Gasteiger partial charge in [-0.2, -0.15) is 5.10 Å². The summed E-state index contributed by atoms with van der Waals surface area (Å²) >= 11 is 0. The van der Waals surface area contributed by atoms with E-state index in [4.69, 9.17) is 9.52 Å². The quantitative estimate of drug-likeness (QED) is 0.498. The Bertz CT molecular complexity index is 1050. The molecule has 2 aromatic heterocycles. The Hall–Kier alpha value is -3.62. The second kappa shape index (κ2) is 7.42. The average molecular weight is 395 g/mol. The van der Waals surface area contributed by atoms with Crippen LogP contribution in [0.4, 0.5) is 11.6 Å². The van der Waals surface area contributed by atoms with Crippen LogP contribution in [0.1, 0.15) is 21.9 Å². The van der Waals surface area contributed by atoms with Crippen LogP contribution in [-0.4, -0.2) is 51.7 Å². The SMILES string of the molecule is Cc1nn(-c2ccccc2)c(C)c1N1CCN(C(=O)c2ccc([N+](=O)[O-])o2)CC1. The van der Waals surface area contributed by atoms with E-state index >= 15 is 0 Å². The summed E-state index contributed by atoms with van der Waals surface area (Å²) in [6.45, 7) is 6.34. The van der Waals surface area contributed by atoms with E-state index in [1.165, 1.54) is 12.1 Å². The highest BCUT2D eigenvalue weighted by atomic mass is 16.6. The Morgan fingerprint density at radius 2 is 1.76 bits per heavy atom. The molecule has 150 valence electrons. The first-order valence-electron chi connectivity index (χ1n) is 9.36. The Balaban J connectivity index is 1.48. The van der Waals surface area contributed by atoms with Crippen molar-refractivity contribution in [3.05, 3.63) is 69.7 Å². The van der Waals surface area contributed by atoms with Crippen molar-refractivity contribution in [1.29, 1.82) is 0 Å². The minimum atomic E-state index is -0.648. The molecule has 1 aliphatic rings. The van der Waals surface area contributed by atoms with E-state index in [9.17, 15) is 14.9 Å². The van der Waals surface area contributed by atoms with Crippen LogP contribution in [0, 0.1) is 24.0 Å². The van der Waals surface area contributed by atoms with Crippen LogP contribution < -0.4 is 4.90 Å². The summed E-state index contributed by atoms with van der Waals surface area (Å²) < 4.78 is 6.98. The summed E-state index contributed by atoms with van der Waals surface area (Å²) in [6, 6.07) is 12.5. The number of aromatic nitrogens is 2. The van der Waals surface area contributed by atoms with Gasteiger partial charge < -0.3 is 14.2 Å². The number of carbonyl (C=O) groups is 1. The van der Waals surface area contributed by atoms with Crippen molar-refractivity contribution in [2.75, 3.05) is 31.1 Å². The molecule has 3 aromatic rings. The molecule has 0 bridgehead atoms. The van der Waals surface area contributed by atoms with E-state index < -0.39 is 10.8 Å². The lowest BCUT2D eigenvalue weighted by Crippen LogP contribution is -2.49. The molecule has 1 saturated heterocycles. The van der Waals surface area contributed by atoms with Crippen molar-refractivity contribution in [3.8, 4) is 5.69 Å². The molecule has 3 heterocycles. The zero-order valence-corrected chi connectivity index (χ0v) is 16.2. The summed E-state index contributed by atoms with van der Waals surface area (Å²) in [5.41, 5.74) is 4.07. The predicted octanol–water partition coefficient (Wildman–Crippen LogP) is 2.95. The number of carbonyl (C=O) groups excluding carboxylic acids is 1. The van der Waals surface area contributed by atoms with Crippen molar-refractivity contribution in [1.82, 2.24) is 14.7 Å². The molecule has 1 aliphatic heterocycles. The third-order valence-electron chi connectivity index (χ3n) is 5.12. The van der Waals surface area contributed by atoms with Gasteiger partial charge in [0.2, 0.25) is 0 Å². The molecule has 0 saturated carbocycles. The molecule has 0 aliphatic carbocycles. The standard InChI is InChI=1S/C20H21N5O4/c1-14-19(15(2)24(21-14)16-6-4-3-5-7-16)22-10-12-23(13-11-22)20(26)17-8-9-18(29-17)25(27)28/h3-9H,10-13H2,1-2H3. The number of benzene rings is 1. The number of anilines is 1. The number of hydrogen-bond donors (Lipinski definition) is 0. The summed E-state index contributed by atoms with van der Waals surface area (Å²) in [5, 5.41) is 15.4. The van der Waals surface area contributed by atoms with Gasteiger partial charge in [-0.3, -0.25) is 14.9 Å². The Kier molecular flexibility index (Phi) is 4.79. The van der Waals surface area contributed by atoms with Crippen LogP contribution in [0.2, 0.25) is 0 Å². The van der Waals surface area contributed by atoms with Crippen molar-refractivity contribution in [2.24, 2.45) is 0 Å². The lowest BCUT2D eigenvalue weighted by molar-refractivity contribution is -0.402. The molecule has 4 rings (SSSR count). The monoisotopic (exact) mass is 395 g/mol. The fourth-order valence-electron chi connectivity index (χ4n) is 3.74. The highest BCUT2D eigenvalue weighted by molar-refractivity contribution is 5.92. The number of nitrogens with zero attached hydrogens (tertiary/aromatic N) is 5. The van der Waals surface area contributed by atoms with Crippen LogP contribution in [0.5, 0.6) is 0 Å². The van der Waals surface area contributed by atoms with Gasteiger partial charge in [0.25, 0.3) is 5.91 Å². The van der Waals surface area contributed by atoms with Gasteiger partial charge in [0.05, 0.1) is 28.8 Å². The van der Waals surface area contributed by atoms with Crippen molar-refractivity contribution in [2.45, 2.75) is 13.8 Å². The van der Waals surface area contributed by atoms with E-state index in [0.29, 0.717) is 26.2 Å². The number of nitro groups is 1. The number of aryl methyl sites for hydroxylation is 1. The summed E-state index contributed by atoms with van der Waals surface area (Å²) in [7, 11) is 0. The summed E-state index contributed by atoms with van der Waals surface area (Å²) in [5.74, 6) is -0.757. The number of amides is 1. The number of para-hydroxylation sites is 1. The maximum absolute atomic E-state index is 12.6. The van der Waals surface area contributed by atoms with Gasteiger partial charge in [-0.05, 0) is 32.0 Å². The van der Waals surface area contributed by atoms with Crippen molar-refractivity contribution < 1.29 is 14.1 Å². The Labute approximate surface area is 167 Å². The third kappa shape index (κ3) is 3.46. The molecule has 1 amide bonds. The number of hydrogen-bond acceptors (Lipinski definition) is 6. The van der Waals surface area contributed by atoms with Crippen LogP contribution in [0.3, 0.4) is 0 Å². The molecule has 0 atom stereocenters. The first-order valence-corrected chi connectivity index (χ1v) is 9.36. The molecule has 1 aromatic carbocycles. The van der Waals surface area contributed by atoms with Gasteiger partial charge in [0, 0.05) is 26.2 Å². The van der Waals surface area contributed by atoms with Gasteiger partial charge in [-0.1, -0.05) is 18.2 Å². The van der Waals surface area contributed by atoms with Gasteiger partial charge in [-0.25, -0.2) is 4.68 Å². The van der Waals surface area contributed by atoms with E-state index in [-0.39, 0.29) is 11.7 Å². The molecule has 0 radical (unpaired) electrons. The van der Waals surface area contributed by atoms with Crippen LogP contribution in [-0.2, 0) is 0 Å². The maximum Gasteiger partial charge on any atom is 0.433 e. The first-order chi connectivity index (χ1) is 14.0. The molecule has 0 spiro atoms. The first kappa shape index (κ1) is 18.7.